The first-order valence-electron chi connectivity index (χ1n) is 6.58. The molecule has 1 aromatic heterocycles. The first-order valence-corrected chi connectivity index (χ1v) is 6.58. The minimum atomic E-state index is -0.834. The summed E-state index contributed by atoms with van der Waals surface area (Å²) in [6.45, 7) is 5.95. The van der Waals surface area contributed by atoms with E-state index in [-0.39, 0.29) is 5.91 Å². The highest BCUT2D eigenvalue weighted by Gasteiger charge is 2.43. The van der Waals surface area contributed by atoms with Gasteiger partial charge in [0.15, 0.2) is 0 Å². The van der Waals surface area contributed by atoms with E-state index in [9.17, 15) is 4.79 Å². The van der Waals surface area contributed by atoms with E-state index in [0.717, 1.165) is 30.9 Å². The molecular formula is C13H18N4O2. The van der Waals surface area contributed by atoms with E-state index in [1.807, 2.05) is 31.3 Å². The van der Waals surface area contributed by atoms with Gasteiger partial charge in [-0.3, -0.25) is 4.79 Å². The Morgan fingerprint density at radius 2 is 2.32 bits per heavy atom. The summed E-state index contributed by atoms with van der Waals surface area (Å²) in [5, 5.41) is 3.91. The van der Waals surface area contributed by atoms with Crippen molar-refractivity contribution < 1.29 is 9.63 Å². The van der Waals surface area contributed by atoms with Crippen LogP contribution in [-0.2, 0) is 22.7 Å². The monoisotopic (exact) mass is 262 g/mol. The van der Waals surface area contributed by atoms with Crippen LogP contribution in [-0.4, -0.2) is 38.2 Å². The van der Waals surface area contributed by atoms with Gasteiger partial charge >= 0.3 is 0 Å². The van der Waals surface area contributed by atoms with Crippen molar-refractivity contribution in [3.05, 3.63) is 18.2 Å². The molecule has 1 atom stereocenters. The number of hydrogen-bond acceptors (Lipinski definition) is 4. The van der Waals surface area contributed by atoms with E-state index in [1.54, 1.807) is 0 Å². The number of carbonyl (C=O) groups is 1. The predicted octanol–water partition coefficient (Wildman–Crippen LogP) is 1.17. The topological polar surface area (TPSA) is 59.7 Å². The Labute approximate surface area is 112 Å². The Hall–Kier alpha value is -1.85. The van der Waals surface area contributed by atoms with E-state index < -0.39 is 5.60 Å². The van der Waals surface area contributed by atoms with E-state index in [1.165, 1.54) is 0 Å². The van der Waals surface area contributed by atoms with Crippen LogP contribution in [0.2, 0.25) is 0 Å². The van der Waals surface area contributed by atoms with Gasteiger partial charge in [-0.25, -0.2) is 4.98 Å². The highest BCUT2D eigenvalue weighted by Crippen LogP contribution is 2.27. The molecular weight excluding hydrogens is 244 g/mol. The van der Waals surface area contributed by atoms with Crippen molar-refractivity contribution in [1.82, 2.24) is 14.5 Å². The van der Waals surface area contributed by atoms with Crippen LogP contribution in [0.4, 0.5) is 0 Å². The molecule has 0 aliphatic carbocycles. The standard InChI is InChI=1S/C13H18N4O2/c1-10-6-13(2,19-15-10)12(18)16-4-3-5-17-9-14-7-11(17)8-16/h7,9H,3-6,8H2,1-2H3/t13-/m1/s1. The molecule has 1 aromatic rings. The van der Waals surface area contributed by atoms with Crippen LogP contribution in [0, 0.1) is 0 Å². The summed E-state index contributed by atoms with van der Waals surface area (Å²) in [5.41, 5.74) is 1.11. The minimum absolute atomic E-state index is 0.0164. The zero-order valence-electron chi connectivity index (χ0n) is 11.3. The number of carbonyl (C=O) groups excluding carboxylic acids is 1. The number of fused-ring (bicyclic) bond motifs is 1. The summed E-state index contributed by atoms with van der Waals surface area (Å²) < 4.78 is 2.10. The number of hydrogen-bond donors (Lipinski definition) is 0. The molecule has 0 bridgehead atoms. The second-order valence-electron chi connectivity index (χ2n) is 5.48. The quantitative estimate of drug-likeness (QED) is 0.763. The van der Waals surface area contributed by atoms with E-state index in [2.05, 4.69) is 14.7 Å². The molecule has 0 unspecified atom stereocenters. The van der Waals surface area contributed by atoms with Crippen molar-refractivity contribution in [1.29, 1.82) is 0 Å². The molecule has 0 radical (unpaired) electrons. The van der Waals surface area contributed by atoms with E-state index >= 15 is 0 Å². The maximum absolute atomic E-state index is 12.7. The minimum Gasteiger partial charge on any atom is -0.379 e. The average molecular weight is 262 g/mol. The highest BCUT2D eigenvalue weighted by atomic mass is 16.7. The number of aromatic nitrogens is 2. The Balaban J connectivity index is 1.78. The van der Waals surface area contributed by atoms with Crippen molar-refractivity contribution in [2.45, 2.75) is 45.4 Å². The van der Waals surface area contributed by atoms with Gasteiger partial charge in [0.1, 0.15) is 0 Å². The lowest BCUT2D eigenvalue weighted by atomic mass is 9.98. The van der Waals surface area contributed by atoms with Crippen molar-refractivity contribution >= 4 is 11.6 Å². The molecule has 6 nitrogen and oxygen atoms in total. The SMILES string of the molecule is CC1=NO[C@@](C)(C(=O)N2CCCn3cncc3C2)C1. The summed E-state index contributed by atoms with van der Waals surface area (Å²) in [6.07, 6.45) is 5.15. The molecule has 3 rings (SSSR count). The van der Waals surface area contributed by atoms with Crippen molar-refractivity contribution in [3.8, 4) is 0 Å². The van der Waals surface area contributed by atoms with Crippen LogP contribution in [0.1, 0.15) is 32.4 Å². The van der Waals surface area contributed by atoms with Crippen LogP contribution in [0.15, 0.2) is 17.7 Å². The number of oxime groups is 1. The Morgan fingerprint density at radius 3 is 3.05 bits per heavy atom. The molecule has 6 heteroatoms. The lowest BCUT2D eigenvalue weighted by Gasteiger charge is -2.28. The van der Waals surface area contributed by atoms with Gasteiger partial charge in [0, 0.05) is 25.7 Å². The summed E-state index contributed by atoms with van der Waals surface area (Å²) >= 11 is 0. The maximum Gasteiger partial charge on any atom is 0.270 e. The number of nitrogens with zero attached hydrogens (tertiary/aromatic N) is 4. The van der Waals surface area contributed by atoms with Gasteiger partial charge in [-0.1, -0.05) is 5.16 Å². The number of imidazole rings is 1. The lowest BCUT2D eigenvalue weighted by molar-refractivity contribution is -0.153. The summed E-state index contributed by atoms with van der Waals surface area (Å²) in [6, 6.07) is 0. The smallest absolute Gasteiger partial charge is 0.270 e. The van der Waals surface area contributed by atoms with Gasteiger partial charge in [-0.15, -0.1) is 0 Å². The Kier molecular flexibility index (Phi) is 2.80. The number of rotatable bonds is 1. The summed E-state index contributed by atoms with van der Waals surface area (Å²) in [5.74, 6) is 0.0164. The molecule has 1 amide bonds. The Morgan fingerprint density at radius 1 is 1.47 bits per heavy atom. The molecule has 0 fully saturated rings. The zero-order chi connectivity index (χ0) is 13.5. The zero-order valence-corrected chi connectivity index (χ0v) is 11.3. The molecule has 3 heterocycles. The summed E-state index contributed by atoms with van der Waals surface area (Å²) in [7, 11) is 0. The van der Waals surface area contributed by atoms with Gasteiger partial charge in [0.05, 0.1) is 24.3 Å². The van der Waals surface area contributed by atoms with Crippen LogP contribution < -0.4 is 0 Å². The fourth-order valence-electron chi connectivity index (χ4n) is 2.74. The van der Waals surface area contributed by atoms with Gasteiger partial charge in [-0.2, -0.15) is 0 Å². The molecule has 0 N–H and O–H groups in total. The summed E-state index contributed by atoms with van der Waals surface area (Å²) in [4.78, 5) is 24.0. The number of aryl methyl sites for hydroxylation is 1. The van der Waals surface area contributed by atoms with Crippen LogP contribution in [0.25, 0.3) is 0 Å². The number of amides is 1. The second-order valence-corrected chi connectivity index (χ2v) is 5.48. The van der Waals surface area contributed by atoms with Gasteiger partial charge in [-0.05, 0) is 20.3 Å². The third-order valence-corrected chi connectivity index (χ3v) is 3.71. The molecule has 0 saturated heterocycles. The van der Waals surface area contributed by atoms with E-state index in [0.29, 0.717) is 13.0 Å². The largest absolute Gasteiger partial charge is 0.379 e. The molecule has 102 valence electrons. The van der Waals surface area contributed by atoms with Crippen molar-refractivity contribution in [2.24, 2.45) is 5.16 Å². The van der Waals surface area contributed by atoms with Crippen LogP contribution in [0.5, 0.6) is 0 Å². The van der Waals surface area contributed by atoms with Crippen LogP contribution >= 0.6 is 0 Å². The lowest BCUT2D eigenvalue weighted by Crippen LogP contribution is -2.47. The van der Waals surface area contributed by atoms with Crippen molar-refractivity contribution in [2.75, 3.05) is 6.54 Å². The molecule has 0 saturated carbocycles. The Bertz CT molecular complexity index is 537. The van der Waals surface area contributed by atoms with Gasteiger partial charge < -0.3 is 14.3 Å². The third-order valence-electron chi connectivity index (χ3n) is 3.71. The maximum atomic E-state index is 12.7. The van der Waals surface area contributed by atoms with Gasteiger partial charge in [0.2, 0.25) is 5.60 Å². The molecule has 19 heavy (non-hydrogen) atoms. The first-order chi connectivity index (χ1) is 9.08. The third kappa shape index (κ3) is 2.11. The van der Waals surface area contributed by atoms with Gasteiger partial charge in [0.25, 0.3) is 5.91 Å². The normalized spacial score (nSPS) is 26.4. The van der Waals surface area contributed by atoms with E-state index in [4.69, 9.17) is 4.84 Å². The molecule has 2 aliphatic heterocycles. The predicted molar refractivity (Wildman–Crippen MR) is 69.5 cm³/mol. The highest BCUT2D eigenvalue weighted by molar-refractivity contribution is 5.94. The fraction of sp³-hybridized carbons (Fsp3) is 0.615. The second kappa shape index (κ2) is 4.36. The molecule has 0 aromatic carbocycles. The molecule has 2 aliphatic rings. The first kappa shape index (κ1) is 12.2. The average Bonchev–Trinajstić information content (AvgIpc) is 2.90. The fourth-order valence-corrected chi connectivity index (χ4v) is 2.74. The van der Waals surface area contributed by atoms with Crippen molar-refractivity contribution in [3.63, 3.8) is 0 Å². The molecule has 0 spiro atoms. The van der Waals surface area contributed by atoms with Crippen LogP contribution in [0.3, 0.4) is 0 Å².